The minimum absolute atomic E-state index is 0.00192. The van der Waals surface area contributed by atoms with Crippen LogP contribution in [0, 0.1) is 0 Å². The molecule has 8 nitrogen and oxygen atoms in total. The van der Waals surface area contributed by atoms with Crippen LogP contribution in [0.15, 0.2) is 83.9 Å². The molecule has 4 aromatic rings. The number of carbonyl (C=O) groups excluding carboxylic acids is 4. The Morgan fingerprint density at radius 1 is 1.00 bits per heavy atom. The molecule has 1 aromatic heterocycles. The van der Waals surface area contributed by atoms with Gasteiger partial charge in [-0.2, -0.15) is 0 Å². The fourth-order valence-electron chi connectivity index (χ4n) is 4.20. The number of fused-ring (bicyclic) bond motifs is 1. The third-order valence-electron chi connectivity index (χ3n) is 6.02. The number of thioether (sulfide) groups is 1. The van der Waals surface area contributed by atoms with Crippen LogP contribution in [0.4, 0.5) is 5.69 Å². The van der Waals surface area contributed by atoms with Gasteiger partial charge in [-0.15, -0.1) is 11.8 Å². The molecule has 186 valence electrons. The molecule has 0 spiro atoms. The fourth-order valence-corrected chi connectivity index (χ4v) is 5.37. The Bertz CT molecular complexity index is 1530. The number of aromatic amines is 1. The highest BCUT2D eigenvalue weighted by atomic mass is 32.2. The van der Waals surface area contributed by atoms with Crippen molar-refractivity contribution in [2.24, 2.45) is 0 Å². The predicted octanol–water partition coefficient (Wildman–Crippen LogP) is 4.64. The minimum Gasteiger partial charge on any atom is -0.496 e. The van der Waals surface area contributed by atoms with E-state index in [1.54, 1.807) is 66.9 Å². The van der Waals surface area contributed by atoms with Gasteiger partial charge >= 0.3 is 5.97 Å². The average Bonchev–Trinajstić information content (AvgIpc) is 3.50. The van der Waals surface area contributed by atoms with E-state index < -0.39 is 23.6 Å². The van der Waals surface area contributed by atoms with Crippen LogP contribution in [0.25, 0.3) is 10.9 Å². The number of aromatic nitrogens is 1. The maximum absolute atomic E-state index is 13.2. The zero-order valence-corrected chi connectivity index (χ0v) is 20.6. The number of hydrogen-bond donors (Lipinski definition) is 1. The quantitative estimate of drug-likeness (QED) is 0.207. The molecule has 9 heteroatoms. The molecule has 0 radical (unpaired) electrons. The Morgan fingerprint density at radius 2 is 1.76 bits per heavy atom. The summed E-state index contributed by atoms with van der Waals surface area (Å²) in [5.41, 5.74) is 1.85. The number of H-pyrrole nitrogens is 1. The van der Waals surface area contributed by atoms with Crippen LogP contribution in [-0.2, 0) is 14.3 Å². The van der Waals surface area contributed by atoms with Crippen molar-refractivity contribution in [1.29, 1.82) is 0 Å². The lowest BCUT2D eigenvalue weighted by molar-refractivity contribution is -0.121. The number of anilines is 1. The second-order valence-electron chi connectivity index (χ2n) is 8.32. The summed E-state index contributed by atoms with van der Waals surface area (Å²) in [6.07, 6.45) is 1.79. The number of imide groups is 1. The number of hydrogen-bond acceptors (Lipinski definition) is 7. The van der Waals surface area contributed by atoms with Crippen molar-refractivity contribution in [3.63, 3.8) is 0 Å². The molecule has 0 saturated carbocycles. The largest absolute Gasteiger partial charge is 0.496 e. The van der Waals surface area contributed by atoms with Crippen molar-refractivity contribution in [3.8, 4) is 5.75 Å². The van der Waals surface area contributed by atoms with Crippen LogP contribution in [0.5, 0.6) is 5.75 Å². The van der Waals surface area contributed by atoms with Gasteiger partial charge in [-0.05, 0) is 47.9 Å². The number of esters is 1. The van der Waals surface area contributed by atoms with Gasteiger partial charge in [0, 0.05) is 23.0 Å². The highest BCUT2D eigenvalue weighted by Gasteiger charge is 2.40. The average molecular weight is 515 g/mol. The predicted molar refractivity (Wildman–Crippen MR) is 139 cm³/mol. The van der Waals surface area contributed by atoms with Gasteiger partial charge in [0.2, 0.25) is 17.6 Å². The third kappa shape index (κ3) is 4.85. The molecule has 5 rings (SSSR count). The molecule has 1 N–H and O–H groups in total. The van der Waals surface area contributed by atoms with E-state index in [-0.39, 0.29) is 23.8 Å². The van der Waals surface area contributed by atoms with Crippen LogP contribution < -0.4 is 9.64 Å². The van der Waals surface area contributed by atoms with Gasteiger partial charge in [-0.1, -0.05) is 30.3 Å². The molecule has 1 atom stereocenters. The van der Waals surface area contributed by atoms with Gasteiger partial charge < -0.3 is 14.5 Å². The minimum atomic E-state index is -0.698. The maximum Gasteiger partial charge on any atom is 0.339 e. The molecular weight excluding hydrogens is 492 g/mol. The number of benzene rings is 3. The lowest BCUT2D eigenvalue weighted by Gasteiger charge is -2.16. The number of amides is 2. The van der Waals surface area contributed by atoms with E-state index in [1.807, 2.05) is 12.1 Å². The summed E-state index contributed by atoms with van der Waals surface area (Å²) in [5, 5.41) is 0.279. The highest BCUT2D eigenvalue weighted by molar-refractivity contribution is 8.00. The number of nitrogens with zero attached hydrogens (tertiary/aromatic N) is 1. The van der Waals surface area contributed by atoms with Gasteiger partial charge in [0.25, 0.3) is 0 Å². The molecule has 3 aromatic carbocycles. The second-order valence-corrected chi connectivity index (χ2v) is 9.57. The van der Waals surface area contributed by atoms with Crippen molar-refractivity contribution in [2.45, 2.75) is 16.6 Å². The van der Waals surface area contributed by atoms with Crippen LogP contribution >= 0.6 is 11.8 Å². The first-order valence-corrected chi connectivity index (χ1v) is 12.4. The summed E-state index contributed by atoms with van der Waals surface area (Å²) < 4.78 is 10.5. The SMILES string of the molecule is COc1ccccc1C(=O)COC(=O)c1ccccc1SC1CC(=O)N(c2ccc3cc[nH]c3c2)C1=O. The summed E-state index contributed by atoms with van der Waals surface area (Å²) in [6.45, 7) is -0.464. The number of Topliss-reactive ketones (excluding diaryl/α,β-unsaturated/α-hetero) is 1. The smallest absolute Gasteiger partial charge is 0.339 e. The summed E-state index contributed by atoms with van der Waals surface area (Å²) in [4.78, 5) is 56.2. The van der Waals surface area contributed by atoms with Crippen molar-refractivity contribution in [3.05, 3.63) is 90.1 Å². The molecular formula is C28H22N2O6S. The van der Waals surface area contributed by atoms with Gasteiger partial charge in [-0.25, -0.2) is 9.69 Å². The number of methoxy groups -OCH3 is 1. The summed E-state index contributed by atoms with van der Waals surface area (Å²) >= 11 is 1.13. The zero-order chi connectivity index (χ0) is 25.9. The highest BCUT2D eigenvalue weighted by Crippen LogP contribution is 2.36. The van der Waals surface area contributed by atoms with E-state index in [0.717, 1.165) is 22.7 Å². The molecule has 0 aliphatic carbocycles. The Kier molecular flexibility index (Phi) is 6.78. The van der Waals surface area contributed by atoms with E-state index in [2.05, 4.69) is 4.98 Å². The first-order chi connectivity index (χ1) is 18.0. The van der Waals surface area contributed by atoms with Crippen molar-refractivity contribution in [1.82, 2.24) is 4.98 Å². The molecule has 2 heterocycles. The monoisotopic (exact) mass is 514 g/mol. The topological polar surface area (TPSA) is 106 Å². The fraction of sp³-hybridized carbons (Fsp3) is 0.143. The lowest BCUT2D eigenvalue weighted by atomic mass is 10.1. The number of nitrogens with one attached hydrogen (secondary N) is 1. The molecule has 2 amide bonds. The van der Waals surface area contributed by atoms with Crippen LogP contribution in [0.1, 0.15) is 27.1 Å². The number of ether oxygens (including phenoxy) is 2. The number of para-hydroxylation sites is 1. The number of ketones is 1. The standard InChI is InChI=1S/C28H22N2O6S/c1-35-23-8-4-2-6-19(23)22(31)16-36-28(34)20-7-3-5-9-24(20)37-25-15-26(32)30(27(25)33)18-11-10-17-12-13-29-21(17)14-18/h2-14,25,29H,15-16H2,1H3. The van der Waals surface area contributed by atoms with Gasteiger partial charge in [0.1, 0.15) is 5.75 Å². The van der Waals surface area contributed by atoms with Crippen LogP contribution in [-0.4, -0.2) is 47.5 Å². The lowest BCUT2D eigenvalue weighted by Crippen LogP contribution is -2.31. The van der Waals surface area contributed by atoms with E-state index in [0.29, 0.717) is 21.9 Å². The Balaban J connectivity index is 1.29. The summed E-state index contributed by atoms with van der Waals surface area (Å²) in [6, 6.07) is 20.6. The van der Waals surface area contributed by atoms with E-state index in [4.69, 9.17) is 9.47 Å². The van der Waals surface area contributed by atoms with Gasteiger partial charge in [-0.3, -0.25) is 14.4 Å². The molecule has 37 heavy (non-hydrogen) atoms. The second kappa shape index (κ2) is 10.3. The Labute approximate surface area is 216 Å². The first-order valence-electron chi connectivity index (χ1n) is 11.5. The number of carbonyl (C=O) groups is 4. The molecule has 1 fully saturated rings. The summed E-state index contributed by atoms with van der Waals surface area (Å²) in [7, 11) is 1.46. The molecule has 1 aliphatic rings. The summed E-state index contributed by atoms with van der Waals surface area (Å²) in [5.74, 6) is -1.37. The van der Waals surface area contributed by atoms with Crippen LogP contribution in [0.2, 0.25) is 0 Å². The Hall–Kier alpha value is -4.37. The molecule has 0 bridgehead atoms. The Morgan fingerprint density at radius 3 is 2.57 bits per heavy atom. The van der Waals surface area contributed by atoms with Crippen molar-refractivity contribution < 1.29 is 28.7 Å². The first kappa shape index (κ1) is 24.3. The number of rotatable bonds is 8. The van der Waals surface area contributed by atoms with E-state index in [9.17, 15) is 19.2 Å². The normalized spacial score (nSPS) is 15.3. The molecule has 1 unspecified atom stereocenters. The van der Waals surface area contributed by atoms with Crippen LogP contribution in [0.3, 0.4) is 0 Å². The van der Waals surface area contributed by atoms with Gasteiger partial charge in [0.05, 0.1) is 29.2 Å². The maximum atomic E-state index is 13.2. The van der Waals surface area contributed by atoms with Crippen molar-refractivity contribution >= 4 is 51.9 Å². The third-order valence-corrected chi connectivity index (χ3v) is 7.28. The zero-order valence-electron chi connectivity index (χ0n) is 19.8. The molecule has 1 aliphatic heterocycles. The van der Waals surface area contributed by atoms with Crippen molar-refractivity contribution in [2.75, 3.05) is 18.6 Å². The van der Waals surface area contributed by atoms with E-state index in [1.165, 1.54) is 12.0 Å². The van der Waals surface area contributed by atoms with E-state index >= 15 is 0 Å². The van der Waals surface area contributed by atoms with Gasteiger partial charge in [0.15, 0.2) is 6.61 Å². The molecule has 1 saturated heterocycles.